The Morgan fingerprint density at radius 1 is 1.16 bits per heavy atom. The van der Waals surface area contributed by atoms with Crippen molar-refractivity contribution in [2.45, 2.75) is 0 Å². The highest BCUT2D eigenvalue weighted by molar-refractivity contribution is 7.71. The zero-order valence-corrected chi connectivity index (χ0v) is 11.8. The number of aromatic nitrogens is 2. The van der Waals surface area contributed by atoms with Crippen molar-refractivity contribution in [1.82, 2.24) is 9.55 Å². The summed E-state index contributed by atoms with van der Waals surface area (Å²) in [6.45, 7) is 0. The predicted octanol–water partition coefficient (Wildman–Crippen LogP) is 5.13. The summed E-state index contributed by atoms with van der Waals surface area (Å²) in [6, 6.07) is 9.66. The summed E-state index contributed by atoms with van der Waals surface area (Å²) in [6.07, 6.45) is 0. The fourth-order valence-electron chi connectivity index (χ4n) is 2.03. The fraction of sp³-hybridized carbons (Fsp3) is 0. The van der Waals surface area contributed by atoms with E-state index in [1.807, 2.05) is 12.1 Å². The van der Waals surface area contributed by atoms with Gasteiger partial charge in [-0.2, -0.15) is 0 Å². The lowest BCUT2D eigenvalue weighted by atomic mass is 10.2. The summed E-state index contributed by atoms with van der Waals surface area (Å²) in [5.41, 5.74) is 2.03. The highest BCUT2D eigenvalue weighted by Gasteiger charge is 2.11. The van der Waals surface area contributed by atoms with Crippen molar-refractivity contribution in [1.29, 1.82) is 0 Å². The van der Waals surface area contributed by atoms with Crippen LogP contribution in [0.25, 0.3) is 16.7 Å². The molecule has 2 aromatic carbocycles. The first kappa shape index (κ1) is 12.7. The maximum Gasteiger partial charge on any atom is 0.182 e. The first-order valence-electron chi connectivity index (χ1n) is 5.42. The molecule has 0 aliphatic carbocycles. The smallest absolute Gasteiger partial charge is 0.182 e. The van der Waals surface area contributed by atoms with Gasteiger partial charge in [0.25, 0.3) is 0 Å². The Morgan fingerprint density at radius 3 is 2.68 bits per heavy atom. The van der Waals surface area contributed by atoms with Gasteiger partial charge in [0.2, 0.25) is 0 Å². The lowest BCUT2D eigenvalue weighted by molar-refractivity contribution is 0.627. The third kappa shape index (κ3) is 2.16. The average molecular weight is 313 g/mol. The van der Waals surface area contributed by atoms with E-state index >= 15 is 0 Å². The molecule has 1 aromatic heterocycles. The molecule has 0 saturated carbocycles. The molecule has 0 radical (unpaired) electrons. The first-order chi connectivity index (χ1) is 9.06. The zero-order valence-electron chi connectivity index (χ0n) is 9.45. The van der Waals surface area contributed by atoms with E-state index in [0.717, 1.165) is 5.52 Å². The van der Waals surface area contributed by atoms with Gasteiger partial charge >= 0.3 is 0 Å². The van der Waals surface area contributed by atoms with Gasteiger partial charge in [-0.15, -0.1) is 0 Å². The van der Waals surface area contributed by atoms with Gasteiger partial charge in [-0.1, -0.05) is 29.3 Å². The quantitative estimate of drug-likeness (QED) is 0.617. The number of imidazole rings is 1. The van der Waals surface area contributed by atoms with Crippen LogP contribution >= 0.6 is 35.4 Å². The van der Waals surface area contributed by atoms with E-state index in [0.29, 0.717) is 26.0 Å². The predicted molar refractivity (Wildman–Crippen MR) is 78.4 cm³/mol. The molecule has 0 spiro atoms. The van der Waals surface area contributed by atoms with E-state index in [2.05, 4.69) is 4.98 Å². The van der Waals surface area contributed by atoms with Crippen molar-refractivity contribution in [3.8, 4) is 5.69 Å². The van der Waals surface area contributed by atoms with Gasteiger partial charge in [-0.3, -0.25) is 4.57 Å². The number of rotatable bonds is 1. The fourth-order valence-corrected chi connectivity index (χ4v) is 2.81. The van der Waals surface area contributed by atoms with E-state index in [1.165, 1.54) is 12.1 Å². The number of para-hydroxylation sites is 1. The molecule has 3 aromatic rings. The molecule has 0 saturated heterocycles. The van der Waals surface area contributed by atoms with E-state index in [9.17, 15) is 4.39 Å². The number of benzene rings is 2. The number of H-pyrrole nitrogens is 1. The van der Waals surface area contributed by atoms with Crippen molar-refractivity contribution in [3.05, 3.63) is 57.0 Å². The summed E-state index contributed by atoms with van der Waals surface area (Å²) < 4.78 is 15.6. The topological polar surface area (TPSA) is 20.7 Å². The molecule has 19 heavy (non-hydrogen) atoms. The number of halogens is 3. The second kappa shape index (κ2) is 4.63. The standard InChI is InChI=1S/C13H7Cl2FN2S/c14-7-4-8(16)6-9(5-7)18-12-10(15)2-1-3-11(12)17-13(18)19/h1-6H,(H,17,19). The van der Waals surface area contributed by atoms with Crippen LogP contribution in [0.1, 0.15) is 0 Å². The van der Waals surface area contributed by atoms with Crippen LogP contribution in [0.15, 0.2) is 36.4 Å². The van der Waals surface area contributed by atoms with Gasteiger partial charge in [0, 0.05) is 5.02 Å². The second-order valence-electron chi connectivity index (χ2n) is 4.03. The molecule has 96 valence electrons. The molecule has 6 heteroatoms. The second-order valence-corrected chi connectivity index (χ2v) is 5.26. The van der Waals surface area contributed by atoms with Crippen LogP contribution in [0.2, 0.25) is 10.0 Å². The van der Waals surface area contributed by atoms with Crippen LogP contribution in [0.3, 0.4) is 0 Å². The molecule has 0 fully saturated rings. The van der Waals surface area contributed by atoms with Crippen LogP contribution in [0.4, 0.5) is 4.39 Å². The van der Waals surface area contributed by atoms with Gasteiger partial charge in [0.1, 0.15) is 5.82 Å². The number of hydrogen-bond donors (Lipinski definition) is 1. The maximum atomic E-state index is 13.5. The van der Waals surface area contributed by atoms with Crippen molar-refractivity contribution in [2.75, 3.05) is 0 Å². The molecular formula is C13H7Cl2FN2S. The van der Waals surface area contributed by atoms with E-state index < -0.39 is 5.82 Å². The highest BCUT2D eigenvalue weighted by Crippen LogP contribution is 2.27. The summed E-state index contributed by atoms with van der Waals surface area (Å²) in [7, 11) is 0. The van der Waals surface area contributed by atoms with Crippen molar-refractivity contribution >= 4 is 46.5 Å². The number of fused-ring (bicyclic) bond motifs is 1. The minimum Gasteiger partial charge on any atom is -0.330 e. The maximum absolute atomic E-state index is 13.5. The molecule has 0 unspecified atom stereocenters. The highest BCUT2D eigenvalue weighted by atomic mass is 35.5. The summed E-state index contributed by atoms with van der Waals surface area (Å²) in [4.78, 5) is 3.03. The van der Waals surface area contributed by atoms with Crippen molar-refractivity contribution < 1.29 is 4.39 Å². The first-order valence-corrected chi connectivity index (χ1v) is 6.58. The Labute approximate surface area is 123 Å². The summed E-state index contributed by atoms with van der Waals surface area (Å²) in [5.74, 6) is -0.425. The molecule has 0 aliphatic rings. The van der Waals surface area contributed by atoms with Crippen LogP contribution in [-0.2, 0) is 0 Å². The normalized spacial score (nSPS) is 11.1. The van der Waals surface area contributed by atoms with E-state index in [4.69, 9.17) is 35.4 Å². The minimum atomic E-state index is -0.425. The number of hydrogen-bond acceptors (Lipinski definition) is 1. The minimum absolute atomic E-state index is 0.304. The van der Waals surface area contributed by atoms with Crippen molar-refractivity contribution in [2.24, 2.45) is 0 Å². The Bertz CT molecular complexity index is 818. The number of aromatic amines is 1. The lowest BCUT2D eigenvalue weighted by Gasteiger charge is -2.06. The molecule has 0 atom stereocenters. The van der Waals surface area contributed by atoms with Gasteiger partial charge in [0.15, 0.2) is 4.77 Å². The molecule has 0 amide bonds. The molecule has 1 N–H and O–H groups in total. The van der Waals surface area contributed by atoms with Crippen LogP contribution in [-0.4, -0.2) is 9.55 Å². The van der Waals surface area contributed by atoms with E-state index in [1.54, 1.807) is 16.7 Å². The van der Waals surface area contributed by atoms with Crippen LogP contribution in [0, 0.1) is 10.6 Å². The Hall–Kier alpha value is -1.36. The third-order valence-electron chi connectivity index (χ3n) is 2.76. The van der Waals surface area contributed by atoms with Gasteiger partial charge < -0.3 is 4.98 Å². The molecular weight excluding hydrogens is 306 g/mol. The SMILES string of the molecule is Fc1cc(Cl)cc(-n2c(=S)[nH]c3cccc(Cl)c32)c1. The zero-order chi connectivity index (χ0) is 13.6. The summed E-state index contributed by atoms with van der Waals surface area (Å²) >= 11 is 17.3. The van der Waals surface area contributed by atoms with Crippen LogP contribution in [0.5, 0.6) is 0 Å². The molecule has 1 heterocycles. The monoisotopic (exact) mass is 312 g/mol. The van der Waals surface area contributed by atoms with Crippen molar-refractivity contribution in [3.63, 3.8) is 0 Å². The largest absolute Gasteiger partial charge is 0.330 e. The van der Waals surface area contributed by atoms with Gasteiger partial charge in [-0.25, -0.2) is 4.39 Å². The van der Waals surface area contributed by atoms with E-state index in [-0.39, 0.29) is 0 Å². The molecule has 3 rings (SSSR count). The Morgan fingerprint density at radius 2 is 1.95 bits per heavy atom. The number of nitrogens with one attached hydrogen (secondary N) is 1. The Kier molecular flexibility index (Phi) is 3.09. The van der Waals surface area contributed by atoms with Gasteiger partial charge in [-0.05, 0) is 42.5 Å². The molecule has 2 nitrogen and oxygen atoms in total. The van der Waals surface area contributed by atoms with Crippen LogP contribution < -0.4 is 0 Å². The molecule has 0 aliphatic heterocycles. The lowest BCUT2D eigenvalue weighted by Crippen LogP contribution is -1.95. The average Bonchev–Trinajstić information content (AvgIpc) is 2.65. The number of nitrogens with zero attached hydrogens (tertiary/aromatic N) is 1. The third-order valence-corrected chi connectivity index (χ3v) is 3.57. The Balaban J connectivity index is 2.42. The molecule has 0 bridgehead atoms. The van der Waals surface area contributed by atoms with Gasteiger partial charge in [0.05, 0.1) is 21.7 Å². The summed E-state index contributed by atoms with van der Waals surface area (Å²) in [5, 5.41) is 0.837.